The van der Waals surface area contributed by atoms with Crippen LogP contribution in [-0.2, 0) is 0 Å². The molecule has 0 amide bonds. The number of nitrogens with zero attached hydrogens (tertiary/aromatic N) is 1. The van der Waals surface area contributed by atoms with E-state index in [4.69, 9.17) is 0 Å². The molecule has 0 radical (unpaired) electrons. The molecule has 5 heteroatoms. The Kier molecular flexibility index (Phi) is 5.79. The molecular weight excluding hydrogens is 328 g/mol. The van der Waals surface area contributed by atoms with Crippen molar-refractivity contribution in [2.75, 3.05) is 23.9 Å². The molecule has 0 fully saturated rings. The Morgan fingerprint density at radius 3 is 3.06 bits per heavy atom. The summed E-state index contributed by atoms with van der Waals surface area (Å²) in [5.74, 6) is 1.27. The zero-order chi connectivity index (χ0) is 12.8. The van der Waals surface area contributed by atoms with Crippen LogP contribution in [0.1, 0.15) is 19.3 Å². The maximum Gasteiger partial charge on any atom is 0.183 e. The molecule has 0 atom stereocenters. The number of rotatable bonds is 7. The van der Waals surface area contributed by atoms with Crippen LogP contribution in [0, 0.1) is 0 Å². The SMILES string of the molecule is CSCCCCCNc1nc2cc(Br)ccc2s1. The smallest absolute Gasteiger partial charge is 0.183 e. The summed E-state index contributed by atoms with van der Waals surface area (Å²) in [5.41, 5.74) is 1.07. The Hall–Kier alpha value is -0.260. The first-order valence-electron chi connectivity index (χ1n) is 6.08. The van der Waals surface area contributed by atoms with E-state index in [0.717, 1.165) is 21.7 Å². The molecule has 2 aromatic rings. The van der Waals surface area contributed by atoms with Gasteiger partial charge in [0.2, 0.25) is 0 Å². The van der Waals surface area contributed by atoms with Crippen LogP contribution in [0.2, 0.25) is 0 Å². The van der Waals surface area contributed by atoms with Gasteiger partial charge in [0.1, 0.15) is 0 Å². The summed E-state index contributed by atoms with van der Waals surface area (Å²) in [6.45, 7) is 1.02. The van der Waals surface area contributed by atoms with Crippen LogP contribution in [0.15, 0.2) is 22.7 Å². The summed E-state index contributed by atoms with van der Waals surface area (Å²) in [7, 11) is 0. The number of hydrogen-bond donors (Lipinski definition) is 1. The zero-order valence-corrected chi connectivity index (χ0v) is 13.6. The lowest BCUT2D eigenvalue weighted by Gasteiger charge is -2.01. The maximum absolute atomic E-state index is 4.58. The number of anilines is 1. The molecule has 0 unspecified atom stereocenters. The van der Waals surface area contributed by atoms with Gasteiger partial charge < -0.3 is 5.32 Å². The summed E-state index contributed by atoms with van der Waals surface area (Å²) in [5, 5.41) is 4.45. The van der Waals surface area contributed by atoms with Gasteiger partial charge in [-0.15, -0.1) is 0 Å². The van der Waals surface area contributed by atoms with Gasteiger partial charge in [0, 0.05) is 11.0 Å². The molecule has 1 aromatic heterocycles. The number of hydrogen-bond acceptors (Lipinski definition) is 4. The molecular formula is C13H17BrN2S2. The molecule has 0 saturated carbocycles. The predicted octanol–water partition coefficient (Wildman–Crippen LogP) is 5.00. The Bertz CT molecular complexity index is 499. The zero-order valence-electron chi connectivity index (χ0n) is 10.4. The van der Waals surface area contributed by atoms with Gasteiger partial charge in [-0.3, -0.25) is 0 Å². The minimum Gasteiger partial charge on any atom is -0.361 e. The molecule has 0 spiro atoms. The number of unbranched alkanes of at least 4 members (excludes halogenated alkanes) is 2. The van der Waals surface area contributed by atoms with Gasteiger partial charge in [-0.25, -0.2) is 4.98 Å². The Labute approximate surface area is 125 Å². The number of nitrogens with one attached hydrogen (secondary N) is 1. The molecule has 1 heterocycles. The van der Waals surface area contributed by atoms with Crippen molar-refractivity contribution in [1.29, 1.82) is 0 Å². The van der Waals surface area contributed by atoms with Gasteiger partial charge in [-0.05, 0) is 43.0 Å². The first kappa shape index (κ1) is 14.2. The maximum atomic E-state index is 4.58. The van der Waals surface area contributed by atoms with Crippen molar-refractivity contribution in [3.63, 3.8) is 0 Å². The summed E-state index contributed by atoms with van der Waals surface area (Å²) in [6, 6.07) is 6.24. The number of benzene rings is 1. The van der Waals surface area contributed by atoms with E-state index >= 15 is 0 Å². The lowest BCUT2D eigenvalue weighted by atomic mass is 10.2. The predicted molar refractivity (Wildman–Crippen MR) is 88.0 cm³/mol. The van der Waals surface area contributed by atoms with Crippen molar-refractivity contribution in [3.8, 4) is 0 Å². The molecule has 0 saturated heterocycles. The van der Waals surface area contributed by atoms with E-state index in [1.807, 2.05) is 11.8 Å². The Morgan fingerprint density at radius 2 is 2.22 bits per heavy atom. The molecule has 0 aliphatic carbocycles. The highest BCUT2D eigenvalue weighted by Crippen LogP contribution is 2.28. The van der Waals surface area contributed by atoms with Crippen molar-refractivity contribution < 1.29 is 0 Å². The lowest BCUT2D eigenvalue weighted by molar-refractivity contribution is 0.749. The number of halogens is 1. The highest BCUT2D eigenvalue weighted by Gasteiger charge is 2.03. The van der Waals surface area contributed by atoms with Crippen LogP contribution < -0.4 is 5.32 Å². The third-order valence-corrected chi connectivity index (χ3v) is 4.84. The molecule has 1 aromatic carbocycles. The van der Waals surface area contributed by atoms with E-state index in [1.54, 1.807) is 11.3 Å². The van der Waals surface area contributed by atoms with E-state index < -0.39 is 0 Å². The summed E-state index contributed by atoms with van der Waals surface area (Å²) in [6.07, 6.45) is 6.00. The topological polar surface area (TPSA) is 24.9 Å². The van der Waals surface area contributed by atoms with Gasteiger partial charge in [0.25, 0.3) is 0 Å². The molecule has 18 heavy (non-hydrogen) atoms. The quantitative estimate of drug-likeness (QED) is 0.715. The molecule has 98 valence electrons. The summed E-state index contributed by atoms with van der Waals surface area (Å²) >= 11 is 7.12. The number of thioether (sulfide) groups is 1. The normalized spacial score (nSPS) is 11.0. The second kappa shape index (κ2) is 7.36. The monoisotopic (exact) mass is 344 g/mol. The van der Waals surface area contributed by atoms with E-state index in [2.05, 4.69) is 50.7 Å². The number of fused-ring (bicyclic) bond motifs is 1. The van der Waals surface area contributed by atoms with Crippen LogP contribution >= 0.6 is 39.0 Å². The largest absolute Gasteiger partial charge is 0.361 e. The number of thiazole rings is 1. The Balaban J connectivity index is 1.81. The van der Waals surface area contributed by atoms with Crippen molar-refractivity contribution in [2.24, 2.45) is 0 Å². The number of aromatic nitrogens is 1. The first-order valence-corrected chi connectivity index (χ1v) is 9.09. The van der Waals surface area contributed by atoms with Crippen LogP contribution in [0.25, 0.3) is 10.2 Å². The molecule has 2 rings (SSSR count). The first-order chi connectivity index (χ1) is 8.79. The van der Waals surface area contributed by atoms with Crippen LogP contribution in [0.4, 0.5) is 5.13 Å². The molecule has 2 nitrogen and oxygen atoms in total. The van der Waals surface area contributed by atoms with Crippen molar-refractivity contribution in [2.45, 2.75) is 19.3 Å². The summed E-state index contributed by atoms with van der Waals surface area (Å²) in [4.78, 5) is 4.58. The van der Waals surface area contributed by atoms with E-state index in [9.17, 15) is 0 Å². The van der Waals surface area contributed by atoms with Crippen molar-refractivity contribution in [1.82, 2.24) is 4.98 Å². The van der Waals surface area contributed by atoms with E-state index in [-0.39, 0.29) is 0 Å². The van der Waals surface area contributed by atoms with E-state index in [1.165, 1.54) is 29.7 Å². The van der Waals surface area contributed by atoms with Gasteiger partial charge in [-0.1, -0.05) is 33.7 Å². The van der Waals surface area contributed by atoms with Gasteiger partial charge in [-0.2, -0.15) is 11.8 Å². The fraction of sp³-hybridized carbons (Fsp3) is 0.462. The fourth-order valence-electron chi connectivity index (χ4n) is 1.72. The molecule has 0 aliphatic heterocycles. The van der Waals surface area contributed by atoms with Gasteiger partial charge in [0.15, 0.2) is 5.13 Å². The fourth-order valence-corrected chi connectivity index (χ4v) is 3.43. The molecule has 0 bridgehead atoms. The minimum absolute atomic E-state index is 1.02. The Morgan fingerprint density at radius 1 is 1.33 bits per heavy atom. The van der Waals surface area contributed by atoms with Gasteiger partial charge in [0.05, 0.1) is 10.2 Å². The molecule has 0 aliphatic rings. The third-order valence-electron chi connectivity index (χ3n) is 2.65. The summed E-state index contributed by atoms with van der Waals surface area (Å²) < 4.78 is 2.33. The van der Waals surface area contributed by atoms with Crippen molar-refractivity contribution in [3.05, 3.63) is 22.7 Å². The standard InChI is InChI=1S/C13H17BrN2S2/c1-17-8-4-2-3-7-15-13-16-11-9-10(14)5-6-12(11)18-13/h5-6,9H,2-4,7-8H2,1H3,(H,15,16). The average Bonchev–Trinajstić information content (AvgIpc) is 2.75. The highest BCUT2D eigenvalue weighted by atomic mass is 79.9. The van der Waals surface area contributed by atoms with Crippen molar-refractivity contribution >= 4 is 54.4 Å². The average molecular weight is 345 g/mol. The highest BCUT2D eigenvalue weighted by molar-refractivity contribution is 9.10. The van der Waals surface area contributed by atoms with Gasteiger partial charge >= 0.3 is 0 Å². The second-order valence-electron chi connectivity index (χ2n) is 4.11. The second-order valence-corrected chi connectivity index (χ2v) is 7.04. The molecule has 1 N–H and O–H groups in total. The third kappa shape index (κ3) is 4.14. The van der Waals surface area contributed by atoms with Crippen LogP contribution in [-0.4, -0.2) is 23.5 Å². The van der Waals surface area contributed by atoms with E-state index in [0.29, 0.717) is 0 Å². The van der Waals surface area contributed by atoms with Crippen LogP contribution in [0.3, 0.4) is 0 Å². The minimum atomic E-state index is 1.02. The lowest BCUT2D eigenvalue weighted by Crippen LogP contribution is -2.00. The van der Waals surface area contributed by atoms with Crippen LogP contribution in [0.5, 0.6) is 0 Å².